The Bertz CT molecular complexity index is 1410. The molecule has 0 saturated heterocycles. The minimum Gasteiger partial charge on any atom is -0.429 e. The average Bonchev–Trinajstić information content (AvgIpc) is 2.89. The first-order valence-electron chi connectivity index (χ1n) is 11.9. The number of hydrogen-bond acceptors (Lipinski definition) is 6. The molecule has 0 aliphatic rings. The fourth-order valence-electron chi connectivity index (χ4n) is 3.22. The molecule has 6 nitrogen and oxygen atoms in total. The van der Waals surface area contributed by atoms with Gasteiger partial charge in [-0.05, 0) is 92.6 Å². The smallest absolute Gasteiger partial charge is 0.426 e. The van der Waals surface area contributed by atoms with Crippen LogP contribution in [-0.4, -0.2) is 11.9 Å². The minimum absolute atomic E-state index is 0.0470. The summed E-state index contributed by atoms with van der Waals surface area (Å²) >= 11 is 0. The second-order valence-electron chi connectivity index (χ2n) is 8.75. The molecule has 0 aliphatic carbocycles. The molecule has 3 aromatic rings. The SMILES string of the molecule is C=C(C)C(=O)Oc1ccc(C(F)(F)Oc2ccc(OC(F)(F)c3ccc(OC(=O)C(=C)C)cc3)c(CC)c2)cc1. The number of carbonyl (C=O) groups excluding carboxylic acids is 2. The van der Waals surface area contributed by atoms with Crippen LogP contribution >= 0.6 is 0 Å². The summed E-state index contributed by atoms with van der Waals surface area (Å²) in [7, 11) is 0. The topological polar surface area (TPSA) is 71.1 Å². The van der Waals surface area contributed by atoms with Crippen molar-refractivity contribution in [1.82, 2.24) is 0 Å². The zero-order valence-corrected chi connectivity index (χ0v) is 21.9. The van der Waals surface area contributed by atoms with Gasteiger partial charge in [-0.25, -0.2) is 9.59 Å². The normalized spacial score (nSPS) is 11.4. The summed E-state index contributed by atoms with van der Waals surface area (Å²) in [6.45, 7) is 11.4. The van der Waals surface area contributed by atoms with E-state index in [0.29, 0.717) is 0 Å². The molecular formula is C30H26F4O6. The van der Waals surface area contributed by atoms with Crippen LogP contribution in [0.5, 0.6) is 23.0 Å². The lowest BCUT2D eigenvalue weighted by Gasteiger charge is -2.22. The van der Waals surface area contributed by atoms with Gasteiger partial charge in [0, 0.05) is 11.1 Å². The molecule has 0 spiro atoms. The standard InChI is InChI=1S/C30H26F4O6/c1-6-20-17-25(39-29(31,32)21-7-11-23(12-8-21)37-27(35)18(2)3)15-16-26(20)40-30(33,34)22-9-13-24(14-10-22)38-28(36)19(4)5/h7-17H,2,4,6H2,1,3,5H3. The minimum atomic E-state index is -3.79. The Morgan fingerprint density at radius 1 is 0.675 bits per heavy atom. The number of halogens is 4. The second-order valence-corrected chi connectivity index (χ2v) is 8.75. The van der Waals surface area contributed by atoms with Gasteiger partial charge in [-0.2, -0.15) is 17.6 Å². The van der Waals surface area contributed by atoms with Gasteiger partial charge in [0.2, 0.25) is 0 Å². The first-order valence-corrected chi connectivity index (χ1v) is 11.9. The van der Waals surface area contributed by atoms with Crippen molar-refractivity contribution in [2.75, 3.05) is 0 Å². The number of carbonyl (C=O) groups is 2. The quantitative estimate of drug-likeness (QED) is 0.105. The molecule has 210 valence electrons. The monoisotopic (exact) mass is 558 g/mol. The number of esters is 2. The molecule has 0 fully saturated rings. The Balaban J connectivity index is 1.73. The third kappa shape index (κ3) is 7.49. The highest BCUT2D eigenvalue weighted by Crippen LogP contribution is 2.38. The lowest BCUT2D eigenvalue weighted by atomic mass is 10.1. The van der Waals surface area contributed by atoms with Crippen LogP contribution < -0.4 is 18.9 Å². The van der Waals surface area contributed by atoms with Crippen LogP contribution in [0.4, 0.5) is 17.6 Å². The van der Waals surface area contributed by atoms with E-state index in [-0.39, 0.29) is 46.1 Å². The Morgan fingerprint density at radius 2 is 1.07 bits per heavy atom. The van der Waals surface area contributed by atoms with E-state index in [2.05, 4.69) is 13.2 Å². The van der Waals surface area contributed by atoms with Gasteiger partial charge in [0.15, 0.2) is 0 Å². The summed E-state index contributed by atoms with van der Waals surface area (Å²) in [6, 6.07) is 12.3. The lowest BCUT2D eigenvalue weighted by Crippen LogP contribution is -2.23. The van der Waals surface area contributed by atoms with E-state index >= 15 is 0 Å². The highest BCUT2D eigenvalue weighted by atomic mass is 19.3. The first kappa shape index (κ1) is 29.9. The van der Waals surface area contributed by atoms with Crippen molar-refractivity contribution >= 4 is 11.9 Å². The first-order chi connectivity index (χ1) is 18.7. The molecule has 3 rings (SSSR count). The van der Waals surface area contributed by atoms with Crippen molar-refractivity contribution < 1.29 is 46.1 Å². The number of ether oxygens (including phenoxy) is 4. The number of alkyl halides is 4. The number of benzene rings is 3. The van der Waals surface area contributed by atoms with Crippen LogP contribution in [0.3, 0.4) is 0 Å². The van der Waals surface area contributed by atoms with Crippen LogP contribution in [-0.2, 0) is 28.2 Å². The molecule has 10 heteroatoms. The molecule has 0 bridgehead atoms. The number of rotatable bonds is 11. The summed E-state index contributed by atoms with van der Waals surface area (Å²) in [5, 5.41) is 0. The van der Waals surface area contributed by atoms with Gasteiger partial charge in [-0.15, -0.1) is 0 Å². The van der Waals surface area contributed by atoms with Gasteiger partial charge in [-0.3, -0.25) is 0 Å². The van der Waals surface area contributed by atoms with Crippen molar-refractivity contribution in [1.29, 1.82) is 0 Å². The maximum Gasteiger partial charge on any atom is 0.426 e. The fourth-order valence-corrected chi connectivity index (χ4v) is 3.22. The molecule has 0 saturated carbocycles. The zero-order chi connectivity index (χ0) is 29.7. The van der Waals surface area contributed by atoms with Gasteiger partial charge in [0.25, 0.3) is 0 Å². The van der Waals surface area contributed by atoms with Crippen LogP contribution in [0.25, 0.3) is 0 Å². The summed E-state index contributed by atoms with van der Waals surface area (Å²) in [4.78, 5) is 23.2. The molecule has 0 aromatic heterocycles. The largest absolute Gasteiger partial charge is 0.429 e. The molecule has 0 amide bonds. The molecule has 0 radical (unpaired) electrons. The third-order valence-electron chi connectivity index (χ3n) is 5.40. The average molecular weight is 559 g/mol. The Labute approximate surface area is 228 Å². The van der Waals surface area contributed by atoms with Crippen molar-refractivity contribution in [3.8, 4) is 23.0 Å². The van der Waals surface area contributed by atoms with E-state index in [0.717, 1.165) is 36.4 Å². The summed E-state index contributed by atoms with van der Waals surface area (Å²) in [5.41, 5.74) is -0.551. The Hall–Kier alpha value is -4.60. The molecule has 0 atom stereocenters. The van der Waals surface area contributed by atoms with Crippen LogP contribution in [0.15, 0.2) is 91.0 Å². The van der Waals surface area contributed by atoms with Gasteiger partial charge in [0.05, 0.1) is 11.1 Å². The fraction of sp³-hybridized carbons (Fsp3) is 0.200. The molecular weight excluding hydrogens is 532 g/mol. The molecule has 0 unspecified atom stereocenters. The maximum absolute atomic E-state index is 14.9. The van der Waals surface area contributed by atoms with E-state index < -0.39 is 35.3 Å². The molecule has 40 heavy (non-hydrogen) atoms. The zero-order valence-electron chi connectivity index (χ0n) is 21.9. The maximum atomic E-state index is 14.9. The van der Waals surface area contributed by atoms with E-state index in [9.17, 15) is 27.2 Å². The van der Waals surface area contributed by atoms with E-state index in [4.69, 9.17) is 18.9 Å². The van der Waals surface area contributed by atoms with Gasteiger partial charge in [0.1, 0.15) is 23.0 Å². The van der Waals surface area contributed by atoms with Crippen LogP contribution in [0, 0.1) is 0 Å². The van der Waals surface area contributed by atoms with Crippen LogP contribution in [0.2, 0.25) is 0 Å². The van der Waals surface area contributed by atoms with Gasteiger partial charge < -0.3 is 18.9 Å². The van der Waals surface area contributed by atoms with Crippen molar-refractivity contribution in [3.05, 3.63) is 108 Å². The molecule has 0 N–H and O–H groups in total. The van der Waals surface area contributed by atoms with E-state index in [1.54, 1.807) is 6.92 Å². The Kier molecular flexibility index (Phi) is 9.03. The van der Waals surface area contributed by atoms with Crippen molar-refractivity contribution in [3.63, 3.8) is 0 Å². The van der Waals surface area contributed by atoms with Crippen molar-refractivity contribution in [2.24, 2.45) is 0 Å². The summed E-state index contributed by atoms with van der Waals surface area (Å²) in [6.07, 6.45) is -7.40. The predicted molar refractivity (Wildman–Crippen MR) is 139 cm³/mol. The lowest BCUT2D eigenvalue weighted by molar-refractivity contribution is -0.188. The summed E-state index contributed by atoms with van der Waals surface area (Å²) in [5.74, 6) is -1.81. The third-order valence-corrected chi connectivity index (χ3v) is 5.40. The van der Waals surface area contributed by atoms with Gasteiger partial charge in [-0.1, -0.05) is 20.1 Å². The Morgan fingerprint density at radius 3 is 1.48 bits per heavy atom. The summed E-state index contributed by atoms with van der Waals surface area (Å²) < 4.78 is 79.2. The highest BCUT2D eigenvalue weighted by Gasteiger charge is 2.37. The number of hydrogen-bond donors (Lipinski definition) is 0. The van der Waals surface area contributed by atoms with E-state index in [1.165, 1.54) is 44.2 Å². The molecule has 3 aromatic carbocycles. The molecule has 0 aliphatic heterocycles. The highest BCUT2D eigenvalue weighted by molar-refractivity contribution is 5.89. The number of aryl methyl sites for hydroxylation is 1. The predicted octanol–water partition coefficient (Wildman–Crippen LogP) is 7.47. The molecule has 0 heterocycles. The second kappa shape index (κ2) is 12.1. The van der Waals surface area contributed by atoms with E-state index in [1.807, 2.05) is 0 Å². The van der Waals surface area contributed by atoms with Crippen molar-refractivity contribution in [2.45, 2.75) is 39.4 Å². The van der Waals surface area contributed by atoms with Gasteiger partial charge >= 0.3 is 24.2 Å². The van der Waals surface area contributed by atoms with Crippen LogP contribution in [0.1, 0.15) is 37.5 Å².